The molecule has 1 N–H and O–H groups in total. The van der Waals surface area contributed by atoms with Crippen molar-refractivity contribution in [3.63, 3.8) is 0 Å². The van der Waals surface area contributed by atoms with E-state index in [0.29, 0.717) is 18.1 Å². The molecular formula is C14H20N4O. The van der Waals surface area contributed by atoms with E-state index in [1.807, 2.05) is 4.90 Å². The van der Waals surface area contributed by atoms with Gasteiger partial charge in [0.25, 0.3) is 5.91 Å². The summed E-state index contributed by atoms with van der Waals surface area (Å²) in [5, 5.41) is 3.03. The van der Waals surface area contributed by atoms with Crippen molar-refractivity contribution in [2.24, 2.45) is 0 Å². The second-order valence-electron chi connectivity index (χ2n) is 4.66. The fourth-order valence-corrected chi connectivity index (χ4v) is 2.14. The van der Waals surface area contributed by atoms with Crippen LogP contribution in [0.15, 0.2) is 25.0 Å². The van der Waals surface area contributed by atoms with Gasteiger partial charge >= 0.3 is 0 Å². The molecule has 0 bridgehead atoms. The van der Waals surface area contributed by atoms with Gasteiger partial charge in [0.2, 0.25) is 0 Å². The number of amides is 1. The average Bonchev–Trinajstić information content (AvgIpc) is 2.74. The molecule has 1 saturated heterocycles. The number of hydrogen-bond donors (Lipinski definition) is 1. The molecule has 2 rings (SSSR count). The molecule has 0 spiro atoms. The molecule has 1 aromatic heterocycles. The lowest BCUT2D eigenvalue weighted by atomic mass is 10.2. The Morgan fingerprint density at radius 3 is 2.58 bits per heavy atom. The lowest BCUT2D eigenvalue weighted by molar-refractivity contribution is 0.0755. The van der Waals surface area contributed by atoms with Gasteiger partial charge in [-0.05, 0) is 12.8 Å². The molecule has 5 nitrogen and oxygen atoms in total. The highest BCUT2D eigenvalue weighted by Crippen LogP contribution is 2.12. The number of nitrogens with one attached hydrogen (secondary N) is 1. The van der Waals surface area contributed by atoms with Crippen LogP contribution in [0.5, 0.6) is 0 Å². The van der Waals surface area contributed by atoms with Crippen LogP contribution in [0.3, 0.4) is 0 Å². The third-order valence-corrected chi connectivity index (χ3v) is 3.19. The lowest BCUT2D eigenvalue weighted by Crippen LogP contribution is -2.32. The Kier molecular flexibility index (Phi) is 4.89. The van der Waals surface area contributed by atoms with Gasteiger partial charge in [0.05, 0.1) is 12.4 Å². The van der Waals surface area contributed by atoms with Crippen molar-refractivity contribution in [2.75, 3.05) is 25.0 Å². The molecule has 1 aliphatic heterocycles. The average molecular weight is 260 g/mol. The topological polar surface area (TPSA) is 58.1 Å². The van der Waals surface area contributed by atoms with Crippen molar-refractivity contribution in [3.05, 3.63) is 30.7 Å². The number of carbonyl (C=O) groups is 1. The first kappa shape index (κ1) is 13.5. The van der Waals surface area contributed by atoms with Gasteiger partial charge in [0.15, 0.2) is 0 Å². The zero-order valence-corrected chi connectivity index (χ0v) is 11.1. The monoisotopic (exact) mass is 260 g/mol. The molecule has 5 heteroatoms. The Morgan fingerprint density at radius 1 is 1.26 bits per heavy atom. The largest absolute Gasteiger partial charge is 0.365 e. The van der Waals surface area contributed by atoms with Crippen molar-refractivity contribution in [2.45, 2.75) is 25.7 Å². The predicted molar refractivity (Wildman–Crippen MR) is 75.1 cm³/mol. The summed E-state index contributed by atoms with van der Waals surface area (Å²) >= 11 is 0. The van der Waals surface area contributed by atoms with E-state index in [9.17, 15) is 4.79 Å². The van der Waals surface area contributed by atoms with Gasteiger partial charge in [-0.2, -0.15) is 0 Å². The fraction of sp³-hybridized carbons (Fsp3) is 0.500. The number of nitrogens with zero attached hydrogens (tertiary/aromatic N) is 3. The van der Waals surface area contributed by atoms with Crippen LogP contribution in [0.1, 0.15) is 36.2 Å². The quantitative estimate of drug-likeness (QED) is 0.842. The first-order valence-corrected chi connectivity index (χ1v) is 6.77. The zero-order chi connectivity index (χ0) is 13.5. The predicted octanol–water partition coefficient (Wildman–Crippen LogP) is 2.09. The minimum atomic E-state index is -0.00956. The van der Waals surface area contributed by atoms with Crippen molar-refractivity contribution in [1.29, 1.82) is 0 Å². The van der Waals surface area contributed by atoms with Crippen LogP contribution in [0, 0.1) is 0 Å². The van der Waals surface area contributed by atoms with Crippen LogP contribution in [-0.4, -0.2) is 40.4 Å². The number of hydrogen-bond acceptors (Lipinski definition) is 4. The zero-order valence-electron chi connectivity index (χ0n) is 11.1. The second kappa shape index (κ2) is 6.87. The molecule has 1 amide bonds. The standard InChI is InChI=1S/C14H20N4O/c1-2-7-15-13-11-16-12(10-17-13)14(19)18-8-5-3-4-6-9-18/h2,10-11H,1,3-9H2,(H,15,17). The summed E-state index contributed by atoms with van der Waals surface area (Å²) in [5.74, 6) is 0.650. The van der Waals surface area contributed by atoms with Crippen LogP contribution >= 0.6 is 0 Å². The number of anilines is 1. The summed E-state index contributed by atoms with van der Waals surface area (Å²) in [5.41, 5.74) is 0.422. The van der Waals surface area contributed by atoms with Crippen LogP contribution in [0.2, 0.25) is 0 Å². The van der Waals surface area contributed by atoms with Crippen molar-refractivity contribution >= 4 is 11.7 Å². The van der Waals surface area contributed by atoms with Crippen molar-refractivity contribution < 1.29 is 4.79 Å². The summed E-state index contributed by atoms with van der Waals surface area (Å²) in [4.78, 5) is 22.5. The number of likely N-dealkylation sites (tertiary alicyclic amines) is 1. The Labute approximate surface area is 113 Å². The number of aromatic nitrogens is 2. The highest BCUT2D eigenvalue weighted by molar-refractivity contribution is 5.92. The van der Waals surface area contributed by atoms with Gasteiger partial charge in [0, 0.05) is 19.6 Å². The summed E-state index contributed by atoms with van der Waals surface area (Å²) in [6.07, 6.45) is 9.46. The summed E-state index contributed by atoms with van der Waals surface area (Å²) in [6.45, 7) is 5.91. The minimum absolute atomic E-state index is 0.00956. The second-order valence-corrected chi connectivity index (χ2v) is 4.66. The van der Waals surface area contributed by atoms with Crippen LogP contribution in [0.4, 0.5) is 5.82 Å². The Morgan fingerprint density at radius 2 is 2.00 bits per heavy atom. The maximum Gasteiger partial charge on any atom is 0.274 e. The van der Waals surface area contributed by atoms with Gasteiger partial charge in [-0.1, -0.05) is 18.9 Å². The number of carbonyl (C=O) groups excluding carboxylic acids is 1. The summed E-state index contributed by atoms with van der Waals surface area (Å²) in [6, 6.07) is 0. The minimum Gasteiger partial charge on any atom is -0.365 e. The van der Waals surface area contributed by atoms with Crippen LogP contribution < -0.4 is 5.32 Å². The molecule has 2 heterocycles. The highest BCUT2D eigenvalue weighted by Gasteiger charge is 2.18. The molecule has 102 valence electrons. The van der Waals surface area contributed by atoms with Gasteiger partial charge in [0.1, 0.15) is 11.5 Å². The molecule has 1 aromatic rings. The maximum absolute atomic E-state index is 12.3. The normalized spacial score (nSPS) is 15.7. The Balaban J connectivity index is 1.99. The van der Waals surface area contributed by atoms with Crippen molar-refractivity contribution in [3.8, 4) is 0 Å². The Hall–Kier alpha value is -1.91. The van der Waals surface area contributed by atoms with Gasteiger partial charge in [-0.15, -0.1) is 6.58 Å². The highest BCUT2D eigenvalue weighted by atomic mass is 16.2. The van der Waals surface area contributed by atoms with E-state index in [1.54, 1.807) is 18.5 Å². The van der Waals surface area contributed by atoms with E-state index in [-0.39, 0.29) is 5.91 Å². The molecule has 1 aliphatic rings. The molecule has 0 radical (unpaired) electrons. The first-order valence-electron chi connectivity index (χ1n) is 6.77. The van der Waals surface area contributed by atoms with Gasteiger partial charge in [-0.3, -0.25) is 4.79 Å². The molecule has 0 aliphatic carbocycles. The molecule has 1 fully saturated rings. The third-order valence-electron chi connectivity index (χ3n) is 3.19. The van der Waals surface area contributed by atoms with E-state index in [1.165, 1.54) is 12.8 Å². The van der Waals surface area contributed by atoms with E-state index in [2.05, 4.69) is 21.9 Å². The van der Waals surface area contributed by atoms with E-state index in [0.717, 1.165) is 25.9 Å². The number of rotatable bonds is 4. The molecule has 19 heavy (non-hydrogen) atoms. The van der Waals surface area contributed by atoms with Crippen LogP contribution in [0.25, 0.3) is 0 Å². The van der Waals surface area contributed by atoms with Gasteiger partial charge < -0.3 is 10.2 Å². The fourth-order valence-electron chi connectivity index (χ4n) is 2.14. The van der Waals surface area contributed by atoms with E-state index >= 15 is 0 Å². The molecule has 0 unspecified atom stereocenters. The van der Waals surface area contributed by atoms with Crippen LogP contribution in [-0.2, 0) is 0 Å². The Bertz CT molecular complexity index is 422. The molecule has 0 atom stereocenters. The van der Waals surface area contributed by atoms with Crippen molar-refractivity contribution in [1.82, 2.24) is 14.9 Å². The summed E-state index contributed by atoms with van der Waals surface area (Å²) in [7, 11) is 0. The van der Waals surface area contributed by atoms with E-state index < -0.39 is 0 Å². The molecule has 0 saturated carbocycles. The smallest absolute Gasteiger partial charge is 0.274 e. The lowest BCUT2D eigenvalue weighted by Gasteiger charge is -2.19. The van der Waals surface area contributed by atoms with Gasteiger partial charge in [-0.25, -0.2) is 9.97 Å². The molecular weight excluding hydrogens is 240 g/mol. The first-order chi connectivity index (χ1) is 9.31. The summed E-state index contributed by atoms with van der Waals surface area (Å²) < 4.78 is 0. The SMILES string of the molecule is C=CCNc1cnc(C(=O)N2CCCCCC2)cn1. The molecule has 0 aromatic carbocycles. The van der Waals surface area contributed by atoms with E-state index in [4.69, 9.17) is 0 Å². The third kappa shape index (κ3) is 3.77. The maximum atomic E-state index is 12.3.